The lowest BCUT2D eigenvalue weighted by Gasteiger charge is -2.30. The van der Waals surface area contributed by atoms with Gasteiger partial charge in [0.1, 0.15) is 0 Å². The average Bonchev–Trinajstić information content (AvgIpc) is 2.83. The average molecular weight is 262 g/mol. The van der Waals surface area contributed by atoms with Crippen LogP contribution in [0.25, 0.3) is 0 Å². The highest BCUT2D eigenvalue weighted by Crippen LogP contribution is 2.21. The molecule has 0 amide bonds. The molecule has 0 spiro atoms. The van der Waals surface area contributed by atoms with E-state index in [-0.39, 0.29) is 0 Å². The van der Waals surface area contributed by atoms with Crippen molar-refractivity contribution < 1.29 is 4.74 Å². The van der Waals surface area contributed by atoms with Crippen LogP contribution in [-0.2, 0) is 4.74 Å². The minimum Gasteiger partial charge on any atom is -0.377 e. The Morgan fingerprint density at radius 1 is 1.37 bits per heavy atom. The normalized spacial score (nSPS) is 24.9. The smallest absolute Gasteiger partial charge is 0.0702 e. The monoisotopic (exact) mass is 262 g/mol. The lowest BCUT2D eigenvalue weighted by atomic mass is 10.0. The van der Waals surface area contributed by atoms with Crippen molar-refractivity contribution in [3.05, 3.63) is 35.4 Å². The van der Waals surface area contributed by atoms with Crippen LogP contribution in [0.15, 0.2) is 24.3 Å². The lowest BCUT2D eigenvalue weighted by molar-refractivity contribution is 0.0806. The van der Waals surface area contributed by atoms with Crippen LogP contribution in [0.5, 0.6) is 0 Å². The maximum Gasteiger partial charge on any atom is 0.0702 e. The summed E-state index contributed by atoms with van der Waals surface area (Å²) in [6.07, 6.45) is 1.49. The molecule has 1 aromatic rings. The maximum atomic E-state index is 5.66. The van der Waals surface area contributed by atoms with E-state index in [0.29, 0.717) is 18.2 Å². The third-order valence-electron chi connectivity index (χ3n) is 4.20. The molecule has 1 fully saturated rings. The molecule has 1 N–H and O–H groups in total. The van der Waals surface area contributed by atoms with Crippen molar-refractivity contribution in [2.45, 2.75) is 38.5 Å². The molecule has 2 rings (SSSR count). The van der Waals surface area contributed by atoms with Crippen molar-refractivity contribution in [1.82, 2.24) is 10.2 Å². The Kier molecular flexibility index (Phi) is 4.97. The highest BCUT2D eigenvalue weighted by molar-refractivity contribution is 5.24. The summed E-state index contributed by atoms with van der Waals surface area (Å²) in [6.45, 7) is 6.21. The second-order valence-electron chi connectivity index (χ2n) is 5.62. The van der Waals surface area contributed by atoms with E-state index in [0.717, 1.165) is 19.6 Å². The fourth-order valence-electron chi connectivity index (χ4n) is 2.88. The van der Waals surface area contributed by atoms with E-state index >= 15 is 0 Å². The fourth-order valence-corrected chi connectivity index (χ4v) is 2.88. The van der Waals surface area contributed by atoms with E-state index < -0.39 is 0 Å². The zero-order valence-electron chi connectivity index (χ0n) is 12.5. The minimum absolute atomic E-state index is 0.348. The first kappa shape index (κ1) is 14.5. The van der Waals surface area contributed by atoms with E-state index in [1.54, 1.807) is 0 Å². The van der Waals surface area contributed by atoms with E-state index in [4.69, 9.17) is 4.74 Å². The summed E-state index contributed by atoms with van der Waals surface area (Å²) in [5, 5.41) is 3.42. The summed E-state index contributed by atoms with van der Waals surface area (Å²) in [6, 6.07) is 9.72. The van der Waals surface area contributed by atoms with E-state index in [1.165, 1.54) is 11.1 Å². The van der Waals surface area contributed by atoms with Gasteiger partial charge in [0.2, 0.25) is 0 Å². The molecule has 3 heteroatoms. The Bertz CT molecular complexity index is 390. The molecule has 1 aliphatic heterocycles. The van der Waals surface area contributed by atoms with E-state index in [9.17, 15) is 0 Å². The molecule has 1 aliphatic rings. The van der Waals surface area contributed by atoms with Crippen LogP contribution >= 0.6 is 0 Å². The number of ether oxygens (including phenoxy) is 1. The van der Waals surface area contributed by atoms with Gasteiger partial charge < -0.3 is 10.1 Å². The van der Waals surface area contributed by atoms with Crippen molar-refractivity contribution >= 4 is 0 Å². The van der Waals surface area contributed by atoms with Gasteiger partial charge >= 0.3 is 0 Å². The molecular weight excluding hydrogens is 236 g/mol. The van der Waals surface area contributed by atoms with Crippen LogP contribution in [0.3, 0.4) is 0 Å². The molecular formula is C16H26N2O. The Morgan fingerprint density at radius 3 is 2.58 bits per heavy atom. The summed E-state index contributed by atoms with van der Waals surface area (Å²) in [5.74, 6) is 0. The summed E-state index contributed by atoms with van der Waals surface area (Å²) in [4.78, 5) is 2.43. The molecule has 0 saturated carbocycles. The largest absolute Gasteiger partial charge is 0.377 e. The van der Waals surface area contributed by atoms with Gasteiger partial charge in [0.15, 0.2) is 0 Å². The maximum absolute atomic E-state index is 5.66. The minimum atomic E-state index is 0.348. The first-order chi connectivity index (χ1) is 9.11. The number of rotatable bonds is 5. The van der Waals surface area contributed by atoms with E-state index in [2.05, 4.69) is 55.4 Å². The molecule has 3 atom stereocenters. The van der Waals surface area contributed by atoms with Gasteiger partial charge in [0.25, 0.3) is 0 Å². The van der Waals surface area contributed by atoms with Gasteiger partial charge in [-0.3, -0.25) is 4.90 Å². The van der Waals surface area contributed by atoms with E-state index in [1.807, 2.05) is 7.05 Å². The number of benzene rings is 1. The highest BCUT2D eigenvalue weighted by atomic mass is 16.5. The molecule has 0 aliphatic carbocycles. The van der Waals surface area contributed by atoms with Crippen LogP contribution in [0.2, 0.25) is 0 Å². The Morgan fingerprint density at radius 2 is 2.05 bits per heavy atom. The van der Waals surface area contributed by atoms with Crippen molar-refractivity contribution in [3.8, 4) is 0 Å². The van der Waals surface area contributed by atoms with Gasteiger partial charge in [0, 0.05) is 25.2 Å². The number of nitrogens with zero attached hydrogens (tertiary/aromatic N) is 1. The lowest BCUT2D eigenvalue weighted by Crippen LogP contribution is -2.41. The summed E-state index contributed by atoms with van der Waals surface area (Å²) in [7, 11) is 4.24. The second-order valence-corrected chi connectivity index (χ2v) is 5.62. The number of hydrogen-bond donors (Lipinski definition) is 1. The first-order valence-electron chi connectivity index (χ1n) is 7.17. The third kappa shape index (κ3) is 3.56. The van der Waals surface area contributed by atoms with Crippen molar-refractivity contribution in [1.29, 1.82) is 0 Å². The molecule has 0 radical (unpaired) electrons. The van der Waals surface area contributed by atoms with Gasteiger partial charge in [-0.1, -0.05) is 29.8 Å². The molecule has 1 aromatic carbocycles. The highest BCUT2D eigenvalue weighted by Gasteiger charge is 2.29. The van der Waals surface area contributed by atoms with Crippen LogP contribution < -0.4 is 5.32 Å². The molecule has 1 heterocycles. The van der Waals surface area contributed by atoms with Crippen LogP contribution in [-0.4, -0.2) is 44.3 Å². The van der Waals surface area contributed by atoms with Crippen molar-refractivity contribution in [2.24, 2.45) is 0 Å². The van der Waals surface area contributed by atoms with Crippen LogP contribution in [0.4, 0.5) is 0 Å². The third-order valence-corrected chi connectivity index (χ3v) is 4.20. The van der Waals surface area contributed by atoms with Gasteiger partial charge in [-0.2, -0.15) is 0 Å². The molecule has 0 aromatic heterocycles. The standard InChI is InChI=1S/C16H26N2O/c1-12-5-7-14(8-6-12)15(17-3)11-18(4)16-9-10-19-13(16)2/h5-8,13,15-17H,9-11H2,1-4H3. The molecule has 106 valence electrons. The number of hydrogen-bond acceptors (Lipinski definition) is 3. The predicted molar refractivity (Wildman–Crippen MR) is 79.4 cm³/mol. The number of aryl methyl sites for hydroxylation is 1. The number of nitrogens with one attached hydrogen (secondary N) is 1. The van der Waals surface area contributed by atoms with Crippen LogP contribution in [0, 0.1) is 6.92 Å². The fraction of sp³-hybridized carbons (Fsp3) is 0.625. The second kappa shape index (κ2) is 6.51. The SMILES string of the molecule is CNC(CN(C)C1CCOC1C)c1ccc(C)cc1. The summed E-state index contributed by atoms with van der Waals surface area (Å²) in [5.41, 5.74) is 2.66. The van der Waals surface area contributed by atoms with Crippen molar-refractivity contribution in [3.63, 3.8) is 0 Å². The molecule has 3 nitrogen and oxygen atoms in total. The van der Waals surface area contributed by atoms with Crippen molar-refractivity contribution in [2.75, 3.05) is 27.2 Å². The Balaban J connectivity index is 2.00. The first-order valence-corrected chi connectivity index (χ1v) is 7.17. The van der Waals surface area contributed by atoms with Gasteiger partial charge in [0.05, 0.1) is 6.10 Å². The topological polar surface area (TPSA) is 24.5 Å². The Hall–Kier alpha value is -0.900. The number of likely N-dealkylation sites (N-methyl/N-ethyl adjacent to an activating group) is 2. The molecule has 19 heavy (non-hydrogen) atoms. The quantitative estimate of drug-likeness (QED) is 0.881. The zero-order chi connectivity index (χ0) is 13.8. The van der Waals surface area contributed by atoms with Gasteiger partial charge in [-0.05, 0) is 39.9 Å². The Labute approximate surface area is 116 Å². The summed E-state index contributed by atoms with van der Waals surface area (Å²) < 4.78 is 5.66. The summed E-state index contributed by atoms with van der Waals surface area (Å²) >= 11 is 0. The molecule has 0 bridgehead atoms. The molecule has 3 unspecified atom stereocenters. The zero-order valence-corrected chi connectivity index (χ0v) is 12.5. The predicted octanol–water partition coefficient (Wildman–Crippen LogP) is 2.36. The van der Waals surface area contributed by atoms with Gasteiger partial charge in [-0.25, -0.2) is 0 Å². The molecule has 1 saturated heterocycles. The van der Waals surface area contributed by atoms with Gasteiger partial charge in [-0.15, -0.1) is 0 Å². The van der Waals surface area contributed by atoms with Crippen LogP contribution in [0.1, 0.15) is 30.5 Å².